The SMILES string of the molecule is c1ccc(N(c2cccc(-c3cccc(-c4cccc(N(c5ccccc5)c5ccc6c7ccccc7n(-c7ccccc7)c6c5)c4)c3)c2)c2ccc3c4ccccc4n(-c4ccccc4)c3c2)cc1. The molecule has 70 heavy (non-hydrogen) atoms. The highest BCUT2D eigenvalue weighted by Crippen LogP contribution is 2.43. The minimum atomic E-state index is 1.08. The van der Waals surface area contributed by atoms with E-state index in [4.69, 9.17) is 0 Å². The van der Waals surface area contributed by atoms with E-state index in [1.165, 1.54) is 43.6 Å². The second-order valence-corrected chi connectivity index (χ2v) is 17.8. The van der Waals surface area contributed by atoms with Gasteiger partial charge in [0.25, 0.3) is 0 Å². The van der Waals surface area contributed by atoms with E-state index in [1.54, 1.807) is 0 Å². The van der Waals surface area contributed by atoms with E-state index < -0.39 is 0 Å². The first-order chi connectivity index (χ1) is 34.7. The number of hydrogen-bond donors (Lipinski definition) is 0. The van der Waals surface area contributed by atoms with Gasteiger partial charge in [-0.2, -0.15) is 0 Å². The van der Waals surface area contributed by atoms with E-state index in [0.717, 1.165) is 67.8 Å². The van der Waals surface area contributed by atoms with E-state index in [2.05, 4.69) is 298 Å². The standard InChI is InChI=1S/C66H46N4/c1-5-24-51(25-6-1)67(57-38-40-61-59-34-13-15-36-63(59)69(65(61)45-57)53-28-9-3-10-29-53)55-32-18-22-49(43-55)47-20-17-21-48(42-47)50-23-19-33-56(44-50)68(52-26-7-2-8-27-52)58-39-41-62-60-35-14-16-37-64(60)70(66(62)46-58)54-30-11-4-12-31-54/h1-46H. The van der Waals surface area contributed by atoms with Crippen molar-refractivity contribution in [1.82, 2.24) is 9.13 Å². The van der Waals surface area contributed by atoms with Gasteiger partial charge >= 0.3 is 0 Å². The Morgan fingerprint density at radius 2 is 0.514 bits per heavy atom. The van der Waals surface area contributed by atoms with E-state index in [9.17, 15) is 0 Å². The zero-order valence-corrected chi connectivity index (χ0v) is 38.3. The molecule has 4 heteroatoms. The largest absolute Gasteiger partial charge is 0.310 e. The summed E-state index contributed by atoms with van der Waals surface area (Å²) in [6, 6.07) is 101. The van der Waals surface area contributed by atoms with Crippen LogP contribution in [0, 0.1) is 0 Å². The fourth-order valence-electron chi connectivity index (χ4n) is 10.5. The van der Waals surface area contributed by atoms with Crippen LogP contribution in [0.4, 0.5) is 34.1 Å². The molecule has 0 spiro atoms. The van der Waals surface area contributed by atoms with Crippen molar-refractivity contribution in [3.63, 3.8) is 0 Å². The number of fused-ring (bicyclic) bond motifs is 6. The molecule has 2 aromatic heterocycles. The lowest BCUT2D eigenvalue weighted by Crippen LogP contribution is -2.10. The molecule has 0 fully saturated rings. The van der Waals surface area contributed by atoms with Crippen molar-refractivity contribution >= 4 is 77.7 Å². The third kappa shape index (κ3) is 7.18. The van der Waals surface area contributed by atoms with Gasteiger partial charge in [-0.1, -0.05) is 164 Å². The number of aromatic nitrogens is 2. The molecule has 0 amide bonds. The Balaban J connectivity index is 0.892. The highest BCUT2D eigenvalue weighted by Gasteiger charge is 2.20. The van der Waals surface area contributed by atoms with E-state index in [0.29, 0.717) is 0 Å². The average molecular weight is 895 g/mol. The molecule has 330 valence electrons. The van der Waals surface area contributed by atoms with Crippen molar-refractivity contribution in [2.45, 2.75) is 0 Å². The second-order valence-electron chi connectivity index (χ2n) is 17.8. The van der Waals surface area contributed by atoms with Gasteiger partial charge < -0.3 is 18.9 Å². The summed E-state index contributed by atoms with van der Waals surface area (Å²) in [4.78, 5) is 4.75. The van der Waals surface area contributed by atoms with E-state index in [-0.39, 0.29) is 0 Å². The fourth-order valence-corrected chi connectivity index (χ4v) is 10.5. The summed E-state index contributed by atoms with van der Waals surface area (Å²) in [5.74, 6) is 0. The second kappa shape index (κ2) is 17.4. The molecule has 4 nitrogen and oxygen atoms in total. The minimum Gasteiger partial charge on any atom is -0.310 e. The van der Waals surface area contributed by atoms with Crippen LogP contribution in [0.5, 0.6) is 0 Å². The lowest BCUT2D eigenvalue weighted by atomic mass is 9.98. The normalized spacial score (nSPS) is 11.4. The Labute approximate surface area is 407 Å². The van der Waals surface area contributed by atoms with Crippen molar-refractivity contribution in [3.05, 3.63) is 279 Å². The van der Waals surface area contributed by atoms with E-state index in [1.807, 2.05) is 0 Å². The molecule has 0 N–H and O–H groups in total. The van der Waals surface area contributed by atoms with Crippen molar-refractivity contribution in [1.29, 1.82) is 0 Å². The van der Waals surface area contributed by atoms with Crippen LogP contribution < -0.4 is 9.80 Å². The molecule has 0 aliphatic rings. The summed E-state index contributed by atoms with van der Waals surface area (Å²) >= 11 is 0. The first kappa shape index (κ1) is 40.9. The van der Waals surface area contributed by atoms with Gasteiger partial charge in [0.15, 0.2) is 0 Å². The Hall–Kier alpha value is -9.38. The third-order valence-corrected chi connectivity index (χ3v) is 13.6. The monoisotopic (exact) mass is 894 g/mol. The van der Waals surface area contributed by atoms with Crippen molar-refractivity contribution in [2.75, 3.05) is 9.80 Å². The topological polar surface area (TPSA) is 16.3 Å². The number of nitrogens with zero attached hydrogens (tertiary/aromatic N) is 4. The predicted molar refractivity (Wildman–Crippen MR) is 295 cm³/mol. The van der Waals surface area contributed by atoms with Crippen LogP contribution in [0.25, 0.3) is 77.2 Å². The molecule has 11 aromatic carbocycles. The molecule has 0 saturated carbocycles. The Morgan fingerprint density at radius 1 is 0.200 bits per heavy atom. The third-order valence-electron chi connectivity index (χ3n) is 13.6. The van der Waals surface area contributed by atoms with Crippen molar-refractivity contribution in [3.8, 4) is 33.6 Å². The van der Waals surface area contributed by atoms with Gasteiger partial charge in [0.05, 0.1) is 22.1 Å². The number of hydrogen-bond acceptors (Lipinski definition) is 2. The van der Waals surface area contributed by atoms with Crippen molar-refractivity contribution < 1.29 is 0 Å². The summed E-state index contributed by atoms with van der Waals surface area (Å²) in [5, 5.41) is 4.93. The number of benzene rings is 11. The van der Waals surface area contributed by atoms with Gasteiger partial charge in [-0.15, -0.1) is 0 Å². The smallest absolute Gasteiger partial charge is 0.0561 e. The molecule has 0 aliphatic carbocycles. The maximum atomic E-state index is 2.39. The summed E-state index contributed by atoms with van der Waals surface area (Å²) in [7, 11) is 0. The molecule has 0 unspecified atom stereocenters. The highest BCUT2D eigenvalue weighted by molar-refractivity contribution is 6.11. The lowest BCUT2D eigenvalue weighted by molar-refractivity contribution is 1.18. The first-order valence-corrected chi connectivity index (χ1v) is 23.9. The van der Waals surface area contributed by atoms with Gasteiger partial charge in [0.2, 0.25) is 0 Å². The lowest BCUT2D eigenvalue weighted by Gasteiger charge is -2.26. The Kier molecular flexibility index (Phi) is 10.1. The van der Waals surface area contributed by atoms with Gasteiger partial charge in [0.1, 0.15) is 0 Å². The van der Waals surface area contributed by atoms with Crippen LogP contribution in [0.15, 0.2) is 279 Å². The number of rotatable bonds is 10. The maximum absolute atomic E-state index is 2.39. The zero-order chi connectivity index (χ0) is 46.4. The molecule has 2 heterocycles. The van der Waals surface area contributed by atoms with Gasteiger partial charge in [-0.05, 0) is 138 Å². The molecule has 0 saturated heterocycles. The average Bonchev–Trinajstić information content (AvgIpc) is 3.94. The molecule has 13 aromatic rings. The molecule has 0 bridgehead atoms. The first-order valence-electron chi connectivity index (χ1n) is 23.9. The van der Waals surface area contributed by atoms with Gasteiger partial charge in [-0.25, -0.2) is 0 Å². The zero-order valence-electron chi connectivity index (χ0n) is 38.3. The molecule has 13 rings (SSSR count). The fraction of sp³-hybridized carbons (Fsp3) is 0. The summed E-state index contributed by atoms with van der Waals surface area (Å²) < 4.78 is 4.77. The van der Waals surface area contributed by atoms with E-state index >= 15 is 0 Å². The van der Waals surface area contributed by atoms with Crippen LogP contribution in [0.2, 0.25) is 0 Å². The van der Waals surface area contributed by atoms with Crippen LogP contribution in [0.3, 0.4) is 0 Å². The number of para-hydroxylation sites is 6. The van der Waals surface area contributed by atoms with Crippen molar-refractivity contribution in [2.24, 2.45) is 0 Å². The Bertz CT molecular complexity index is 3750. The quantitative estimate of drug-likeness (QED) is 0.136. The van der Waals surface area contributed by atoms with Crippen LogP contribution in [0.1, 0.15) is 0 Å². The molecular formula is C66H46N4. The summed E-state index contributed by atoms with van der Waals surface area (Å²) in [5.41, 5.74) is 18.1. The van der Waals surface area contributed by atoms with Gasteiger partial charge in [0, 0.05) is 67.0 Å². The molecule has 0 aliphatic heterocycles. The van der Waals surface area contributed by atoms with Crippen LogP contribution in [-0.4, -0.2) is 9.13 Å². The predicted octanol–water partition coefficient (Wildman–Crippen LogP) is 18.2. The summed E-state index contributed by atoms with van der Waals surface area (Å²) in [6.45, 7) is 0. The molecule has 0 radical (unpaired) electrons. The highest BCUT2D eigenvalue weighted by atomic mass is 15.2. The number of anilines is 6. The Morgan fingerprint density at radius 3 is 0.943 bits per heavy atom. The van der Waals surface area contributed by atoms with Crippen LogP contribution in [-0.2, 0) is 0 Å². The summed E-state index contributed by atoms with van der Waals surface area (Å²) in [6.07, 6.45) is 0. The van der Waals surface area contributed by atoms with Crippen LogP contribution >= 0.6 is 0 Å². The van der Waals surface area contributed by atoms with Gasteiger partial charge in [-0.3, -0.25) is 0 Å². The molecule has 0 atom stereocenters. The molecular weight excluding hydrogens is 849 g/mol. The minimum absolute atomic E-state index is 1.08. The maximum Gasteiger partial charge on any atom is 0.0561 e.